The molecule has 5 rings (SSSR count). The minimum atomic E-state index is -0.448. The molecular formula is C32H28ClN5O3. The lowest BCUT2D eigenvalue weighted by atomic mass is 10.0. The topological polar surface area (TPSA) is 98.1 Å². The molecule has 0 bridgehead atoms. The Kier molecular flexibility index (Phi) is 8.41. The van der Waals surface area contributed by atoms with Crippen LogP contribution in [-0.4, -0.2) is 20.7 Å². The summed E-state index contributed by atoms with van der Waals surface area (Å²) in [6.07, 6.45) is 4.83. The number of nitrogens with zero attached hydrogens (tertiary/aromatic N) is 3. The van der Waals surface area contributed by atoms with Crippen LogP contribution in [0.4, 0.5) is 11.4 Å². The Bertz CT molecular complexity index is 1720. The highest BCUT2D eigenvalue weighted by Gasteiger charge is 2.17. The predicted molar refractivity (Wildman–Crippen MR) is 161 cm³/mol. The summed E-state index contributed by atoms with van der Waals surface area (Å²) in [6, 6.07) is 25.1. The number of carbonyl (C=O) groups is 1. The number of aromatic nitrogens is 3. The van der Waals surface area contributed by atoms with Gasteiger partial charge in [-0.1, -0.05) is 49.7 Å². The number of hydrogen-bond acceptors (Lipinski definition) is 6. The normalized spacial score (nSPS) is 10.8. The lowest BCUT2D eigenvalue weighted by molar-refractivity contribution is 0.0951. The molecule has 0 radical (unpaired) electrons. The molecule has 2 heterocycles. The van der Waals surface area contributed by atoms with Crippen molar-refractivity contribution in [1.29, 1.82) is 0 Å². The summed E-state index contributed by atoms with van der Waals surface area (Å²) in [4.78, 5) is 30.6. The first kappa shape index (κ1) is 27.6. The number of benzene rings is 3. The molecule has 0 atom stereocenters. The Balaban J connectivity index is 1.46. The van der Waals surface area contributed by atoms with E-state index < -0.39 is 5.56 Å². The highest BCUT2D eigenvalue weighted by Crippen LogP contribution is 2.30. The molecule has 41 heavy (non-hydrogen) atoms. The number of pyridine rings is 1. The number of amides is 1. The fourth-order valence-electron chi connectivity index (χ4n) is 4.14. The smallest absolute Gasteiger partial charge is 0.299 e. The third-order valence-corrected chi connectivity index (χ3v) is 6.60. The summed E-state index contributed by atoms with van der Waals surface area (Å²) in [5.74, 6) is 0.915. The largest absolute Gasteiger partial charge is 0.453 e. The highest BCUT2D eigenvalue weighted by atomic mass is 35.5. The average molecular weight is 566 g/mol. The number of ether oxygens (including phenoxy) is 1. The first-order chi connectivity index (χ1) is 19.9. The Morgan fingerprint density at radius 3 is 2.46 bits per heavy atom. The first-order valence-corrected chi connectivity index (χ1v) is 13.5. The van der Waals surface area contributed by atoms with E-state index in [1.165, 1.54) is 16.4 Å². The maximum atomic E-state index is 13.7. The van der Waals surface area contributed by atoms with Crippen molar-refractivity contribution in [3.63, 3.8) is 0 Å². The standard InChI is InChI=1S/C32H28ClN5O3/c1-21(2)23-9-11-28(12-10-23)41-29-20-36-38(27-8-4-6-25(33)18-27)32(40)30(29)37-26-7-3-5-24(17-26)31(39)35-19-22-13-15-34-16-14-22/h3-18,20-21,37H,19H2,1-2H3,(H,35,39). The fourth-order valence-corrected chi connectivity index (χ4v) is 4.32. The van der Waals surface area contributed by atoms with Crippen molar-refractivity contribution in [2.75, 3.05) is 5.32 Å². The molecule has 8 nitrogen and oxygen atoms in total. The van der Waals surface area contributed by atoms with Crippen molar-refractivity contribution in [2.24, 2.45) is 0 Å². The van der Waals surface area contributed by atoms with Crippen molar-refractivity contribution >= 4 is 28.9 Å². The zero-order valence-corrected chi connectivity index (χ0v) is 23.3. The molecule has 0 saturated carbocycles. The molecule has 2 aromatic heterocycles. The van der Waals surface area contributed by atoms with Gasteiger partial charge in [-0.3, -0.25) is 14.6 Å². The fraction of sp³-hybridized carbons (Fsp3) is 0.125. The van der Waals surface area contributed by atoms with Crippen LogP contribution in [-0.2, 0) is 6.54 Å². The van der Waals surface area contributed by atoms with Crippen molar-refractivity contribution in [2.45, 2.75) is 26.3 Å². The second kappa shape index (κ2) is 12.5. The minimum absolute atomic E-state index is 0.155. The van der Waals surface area contributed by atoms with Crippen LogP contribution in [0.2, 0.25) is 5.02 Å². The van der Waals surface area contributed by atoms with Crippen LogP contribution in [0.1, 0.15) is 41.3 Å². The molecule has 206 valence electrons. The summed E-state index contributed by atoms with van der Waals surface area (Å²) in [5.41, 5.74) is 3.27. The van der Waals surface area contributed by atoms with Crippen molar-refractivity contribution in [3.8, 4) is 17.2 Å². The highest BCUT2D eigenvalue weighted by molar-refractivity contribution is 6.30. The van der Waals surface area contributed by atoms with E-state index >= 15 is 0 Å². The molecule has 0 aliphatic rings. The van der Waals surface area contributed by atoms with Gasteiger partial charge in [0.1, 0.15) is 5.75 Å². The van der Waals surface area contributed by atoms with E-state index in [-0.39, 0.29) is 17.3 Å². The Labute approximate surface area is 242 Å². The van der Waals surface area contributed by atoms with Crippen LogP contribution >= 0.6 is 11.6 Å². The summed E-state index contributed by atoms with van der Waals surface area (Å²) < 4.78 is 7.37. The van der Waals surface area contributed by atoms with Gasteiger partial charge in [0, 0.05) is 35.2 Å². The Morgan fingerprint density at radius 2 is 1.73 bits per heavy atom. The second-order valence-corrected chi connectivity index (χ2v) is 10.1. The van der Waals surface area contributed by atoms with E-state index in [0.29, 0.717) is 40.2 Å². The molecule has 0 aliphatic heterocycles. The van der Waals surface area contributed by atoms with E-state index in [1.807, 2.05) is 36.4 Å². The molecule has 0 aliphatic carbocycles. The maximum Gasteiger partial charge on any atom is 0.299 e. The summed E-state index contributed by atoms with van der Waals surface area (Å²) in [7, 11) is 0. The molecule has 5 aromatic rings. The lowest BCUT2D eigenvalue weighted by Crippen LogP contribution is -2.24. The molecular weight excluding hydrogens is 538 g/mol. The zero-order chi connectivity index (χ0) is 28.8. The molecule has 3 aromatic carbocycles. The third kappa shape index (κ3) is 6.80. The molecule has 1 amide bonds. The van der Waals surface area contributed by atoms with Gasteiger partial charge in [-0.15, -0.1) is 0 Å². The summed E-state index contributed by atoms with van der Waals surface area (Å²) in [5, 5.41) is 10.9. The number of rotatable bonds is 9. The van der Waals surface area contributed by atoms with Crippen LogP contribution in [0.3, 0.4) is 0 Å². The summed E-state index contributed by atoms with van der Waals surface area (Å²) >= 11 is 6.18. The maximum absolute atomic E-state index is 13.7. The predicted octanol–water partition coefficient (Wildman–Crippen LogP) is 6.87. The van der Waals surface area contributed by atoms with E-state index in [2.05, 4.69) is 34.6 Å². The van der Waals surface area contributed by atoms with Crippen LogP contribution in [0.25, 0.3) is 5.69 Å². The minimum Gasteiger partial charge on any atom is -0.453 e. The molecule has 0 fully saturated rings. The number of anilines is 2. The van der Waals surface area contributed by atoms with Crippen molar-refractivity contribution in [3.05, 3.63) is 136 Å². The van der Waals surface area contributed by atoms with Crippen LogP contribution < -0.4 is 20.9 Å². The zero-order valence-electron chi connectivity index (χ0n) is 22.5. The van der Waals surface area contributed by atoms with Gasteiger partial charge < -0.3 is 15.4 Å². The van der Waals surface area contributed by atoms with Gasteiger partial charge in [-0.2, -0.15) is 9.78 Å². The number of carbonyl (C=O) groups excluding carboxylic acids is 1. The first-order valence-electron chi connectivity index (χ1n) is 13.1. The Hall–Kier alpha value is -4.95. The molecule has 9 heteroatoms. The molecule has 0 unspecified atom stereocenters. The van der Waals surface area contributed by atoms with E-state index in [1.54, 1.807) is 60.9 Å². The monoisotopic (exact) mass is 565 g/mol. The van der Waals surface area contributed by atoms with Crippen LogP contribution in [0.5, 0.6) is 11.5 Å². The van der Waals surface area contributed by atoms with Gasteiger partial charge in [0.15, 0.2) is 11.4 Å². The lowest BCUT2D eigenvalue weighted by Gasteiger charge is -2.15. The SMILES string of the molecule is CC(C)c1ccc(Oc2cnn(-c3cccc(Cl)c3)c(=O)c2Nc2cccc(C(=O)NCc3ccncc3)c2)cc1. The van der Waals surface area contributed by atoms with Gasteiger partial charge in [-0.25, -0.2) is 0 Å². The Morgan fingerprint density at radius 1 is 0.976 bits per heavy atom. The number of nitrogens with one attached hydrogen (secondary N) is 2. The molecule has 0 spiro atoms. The molecule has 2 N–H and O–H groups in total. The van der Waals surface area contributed by atoms with Crippen LogP contribution in [0, 0.1) is 0 Å². The molecule has 0 saturated heterocycles. The number of hydrogen-bond donors (Lipinski definition) is 2. The van der Waals surface area contributed by atoms with Crippen molar-refractivity contribution < 1.29 is 9.53 Å². The van der Waals surface area contributed by atoms with E-state index in [9.17, 15) is 9.59 Å². The van der Waals surface area contributed by atoms with Gasteiger partial charge in [0.25, 0.3) is 11.5 Å². The quantitative estimate of drug-likeness (QED) is 0.202. The number of halogens is 1. The van der Waals surface area contributed by atoms with E-state index in [4.69, 9.17) is 16.3 Å². The van der Waals surface area contributed by atoms with Gasteiger partial charge in [-0.05, 0) is 77.7 Å². The van der Waals surface area contributed by atoms with Gasteiger partial charge in [0.05, 0.1) is 11.9 Å². The average Bonchev–Trinajstić information content (AvgIpc) is 2.99. The second-order valence-electron chi connectivity index (χ2n) is 9.65. The van der Waals surface area contributed by atoms with Gasteiger partial charge in [0.2, 0.25) is 0 Å². The summed E-state index contributed by atoms with van der Waals surface area (Å²) in [6.45, 7) is 4.59. The van der Waals surface area contributed by atoms with Crippen LogP contribution in [0.15, 0.2) is 108 Å². The van der Waals surface area contributed by atoms with E-state index in [0.717, 1.165) is 5.56 Å². The van der Waals surface area contributed by atoms with Gasteiger partial charge >= 0.3 is 0 Å². The van der Waals surface area contributed by atoms with Crippen molar-refractivity contribution in [1.82, 2.24) is 20.1 Å². The third-order valence-electron chi connectivity index (χ3n) is 6.37.